The molecule has 2 aromatic rings. The van der Waals surface area contributed by atoms with Gasteiger partial charge in [0.2, 0.25) is 11.8 Å². The Hall–Kier alpha value is -2.76. The van der Waals surface area contributed by atoms with E-state index < -0.39 is 5.82 Å². The number of nitrogens with one attached hydrogen (secondary N) is 2. The number of aryl methyl sites for hydroxylation is 1. The predicted molar refractivity (Wildman–Crippen MR) is 80.7 cm³/mol. The fraction of sp³-hybridized carbons (Fsp3) is 0.188. The number of hydrogen-bond donors (Lipinski definition) is 2. The summed E-state index contributed by atoms with van der Waals surface area (Å²) >= 11 is 0. The summed E-state index contributed by atoms with van der Waals surface area (Å²) in [5.41, 5.74) is 1.39. The normalized spacial score (nSPS) is 10.1. The number of amides is 2. The molecular formula is C16H16FN3O2. The Labute approximate surface area is 127 Å². The molecule has 0 atom stereocenters. The summed E-state index contributed by atoms with van der Waals surface area (Å²) in [5.74, 6) is -0.645. The topological polar surface area (TPSA) is 71.1 Å². The molecule has 2 amide bonds. The fourth-order valence-electron chi connectivity index (χ4n) is 1.87. The third kappa shape index (κ3) is 4.66. The second-order valence-corrected chi connectivity index (χ2v) is 4.80. The van der Waals surface area contributed by atoms with Crippen molar-refractivity contribution in [3.63, 3.8) is 0 Å². The number of anilines is 1. The first-order valence-corrected chi connectivity index (χ1v) is 6.77. The first-order chi connectivity index (χ1) is 10.5. The monoisotopic (exact) mass is 301 g/mol. The molecule has 1 aromatic carbocycles. The molecule has 2 N–H and O–H groups in total. The average molecular weight is 301 g/mol. The third-order valence-electron chi connectivity index (χ3n) is 2.97. The maximum atomic E-state index is 13.0. The SMILES string of the molecule is Cc1cccnc1NC(=O)CNC(=O)Cc1cccc(F)c1. The van der Waals surface area contributed by atoms with Crippen LogP contribution in [0.3, 0.4) is 0 Å². The molecule has 0 fully saturated rings. The van der Waals surface area contributed by atoms with E-state index in [1.807, 2.05) is 13.0 Å². The molecular weight excluding hydrogens is 285 g/mol. The molecule has 0 radical (unpaired) electrons. The standard InChI is InChI=1S/C16H16FN3O2/c1-11-4-3-7-18-16(11)20-15(22)10-19-14(21)9-12-5-2-6-13(17)8-12/h2-8H,9-10H2,1H3,(H,19,21)(H,18,20,22). The zero-order valence-corrected chi connectivity index (χ0v) is 12.1. The van der Waals surface area contributed by atoms with Crippen molar-refractivity contribution >= 4 is 17.6 Å². The lowest BCUT2D eigenvalue weighted by atomic mass is 10.1. The Bertz CT molecular complexity index is 689. The molecule has 0 unspecified atom stereocenters. The van der Waals surface area contributed by atoms with Crippen molar-refractivity contribution in [2.24, 2.45) is 0 Å². The predicted octanol–water partition coefficient (Wildman–Crippen LogP) is 1.83. The van der Waals surface area contributed by atoms with Gasteiger partial charge in [-0.3, -0.25) is 9.59 Å². The molecule has 0 saturated carbocycles. The molecule has 114 valence electrons. The number of carbonyl (C=O) groups is 2. The zero-order valence-electron chi connectivity index (χ0n) is 12.1. The smallest absolute Gasteiger partial charge is 0.244 e. The van der Waals surface area contributed by atoms with Gasteiger partial charge >= 0.3 is 0 Å². The number of rotatable bonds is 5. The number of halogens is 1. The van der Waals surface area contributed by atoms with Crippen LogP contribution in [0.25, 0.3) is 0 Å². The number of benzene rings is 1. The van der Waals surface area contributed by atoms with Crippen molar-refractivity contribution in [1.82, 2.24) is 10.3 Å². The van der Waals surface area contributed by atoms with Crippen LogP contribution < -0.4 is 10.6 Å². The first-order valence-electron chi connectivity index (χ1n) is 6.77. The second-order valence-electron chi connectivity index (χ2n) is 4.80. The van der Waals surface area contributed by atoms with Crippen LogP contribution in [-0.2, 0) is 16.0 Å². The van der Waals surface area contributed by atoms with E-state index in [0.29, 0.717) is 11.4 Å². The Kier molecular flexibility index (Phi) is 5.19. The number of nitrogens with zero attached hydrogens (tertiary/aromatic N) is 1. The Morgan fingerprint density at radius 1 is 1.18 bits per heavy atom. The summed E-state index contributed by atoms with van der Waals surface area (Å²) in [6.45, 7) is 1.66. The van der Waals surface area contributed by atoms with Gasteiger partial charge < -0.3 is 10.6 Å². The van der Waals surface area contributed by atoms with E-state index in [1.54, 1.807) is 18.3 Å². The average Bonchev–Trinajstić information content (AvgIpc) is 2.48. The Morgan fingerprint density at radius 3 is 2.73 bits per heavy atom. The molecule has 1 heterocycles. The van der Waals surface area contributed by atoms with E-state index in [1.165, 1.54) is 18.2 Å². The number of carbonyl (C=O) groups excluding carboxylic acids is 2. The molecule has 0 aliphatic carbocycles. The third-order valence-corrected chi connectivity index (χ3v) is 2.97. The molecule has 0 spiro atoms. The number of hydrogen-bond acceptors (Lipinski definition) is 3. The van der Waals surface area contributed by atoms with Gasteiger partial charge in [0, 0.05) is 6.20 Å². The van der Waals surface area contributed by atoms with Crippen LogP contribution in [0.15, 0.2) is 42.6 Å². The molecule has 0 saturated heterocycles. The lowest BCUT2D eigenvalue weighted by Gasteiger charge is -2.08. The van der Waals surface area contributed by atoms with Crippen molar-refractivity contribution in [2.75, 3.05) is 11.9 Å². The van der Waals surface area contributed by atoms with Gasteiger partial charge in [0.25, 0.3) is 0 Å². The van der Waals surface area contributed by atoms with Crippen LogP contribution in [0.1, 0.15) is 11.1 Å². The van der Waals surface area contributed by atoms with E-state index in [2.05, 4.69) is 15.6 Å². The van der Waals surface area contributed by atoms with Crippen molar-refractivity contribution in [2.45, 2.75) is 13.3 Å². The van der Waals surface area contributed by atoms with Crippen LogP contribution in [0.2, 0.25) is 0 Å². The maximum absolute atomic E-state index is 13.0. The Balaban J connectivity index is 1.81. The van der Waals surface area contributed by atoms with E-state index in [-0.39, 0.29) is 24.8 Å². The lowest BCUT2D eigenvalue weighted by molar-refractivity contribution is -0.123. The lowest BCUT2D eigenvalue weighted by Crippen LogP contribution is -2.34. The molecule has 6 heteroatoms. The van der Waals surface area contributed by atoms with Crippen molar-refractivity contribution < 1.29 is 14.0 Å². The van der Waals surface area contributed by atoms with Gasteiger partial charge in [-0.2, -0.15) is 0 Å². The summed E-state index contributed by atoms with van der Waals surface area (Å²) in [6.07, 6.45) is 1.60. The summed E-state index contributed by atoms with van der Waals surface area (Å²) in [7, 11) is 0. The van der Waals surface area contributed by atoms with Gasteiger partial charge in [-0.15, -0.1) is 0 Å². The quantitative estimate of drug-likeness (QED) is 0.885. The molecule has 0 bridgehead atoms. The first kappa shape index (κ1) is 15.6. The summed E-state index contributed by atoms with van der Waals surface area (Å²) in [4.78, 5) is 27.5. The minimum Gasteiger partial charge on any atom is -0.347 e. The molecule has 2 rings (SSSR count). The summed E-state index contributed by atoms with van der Waals surface area (Å²) < 4.78 is 13.0. The maximum Gasteiger partial charge on any atom is 0.244 e. The van der Waals surface area contributed by atoms with Gasteiger partial charge in [0.1, 0.15) is 11.6 Å². The van der Waals surface area contributed by atoms with E-state index in [0.717, 1.165) is 5.56 Å². The second kappa shape index (κ2) is 7.31. The molecule has 1 aromatic heterocycles. The van der Waals surface area contributed by atoms with Gasteiger partial charge in [0.15, 0.2) is 0 Å². The van der Waals surface area contributed by atoms with E-state index >= 15 is 0 Å². The van der Waals surface area contributed by atoms with Crippen LogP contribution in [0.4, 0.5) is 10.2 Å². The van der Waals surface area contributed by atoms with Crippen LogP contribution in [0.5, 0.6) is 0 Å². The minimum atomic E-state index is -0.395. The number of pyridine rings is 1. The van der Waals surface area contributed by atoms with E-state index in [4.69, 9.17) is 0 Å². The molecule has 0 aliphatic heterocycles. The molecule has 5 nitrogen and oxygen atoms in total. The largest absolute Gasteiger partial charge is 0.347 e. The van der Waals surface area contributed by atoms with Gasteiger partial charge in [0.05, 0.1) is 13.0 Å². The highest BCUT2D eigenvalue weighted by molar-refractivity contribution is 5.94. The van der Waals surface area contributed by atoms with Gasteiger partial charge in [-0.1, -0.05) is 18.2 Å². The van der Waals surface area contributed by atoms with Crippen molar-refractivity contribution in [1.29, 1.82) is 0 Å². The highest BCUT2D eigenvalue weighted by Crippen LogP contribution is 2.08. The van der Waals surface area contributed by atoms with Crippen LogP contribution in [-0.4, -0.2) is 23.3 Å². The zero-order chi connectivity index (χ0) is 15.9. The Morgan fingerprint density at radius 2 is 2.00 bits per heavy atom. The minimum absolute atomic E-state index is 0.0215. The highest BCUT2D eigenvalue weighted by Gasteiger charge is 2.08. The number of aromatic nitrogens is 1. The van der Waals surface area contributed by atoms with Crippen LogP contribution >= 0.6 is 0 Å². The molecule has 22 heavy (non-hydrogen) atoms. The summed E-state index contributed by atoms with van der Waals surface area (Å²) in [5, 5.41) is 5.10. The van der Waals surface area contributed by atoms with Gasteiger partial charge in [-0.25, -0.2) is 9.37 Å². The van der Waals surface area contributed by atoms with Crippen molar-refractivity contribution in [3.05, 3.63) is 59.5 Å². The highest BCUT2D eigenvalue weighted by atomic mass is 19.1. The van der Waals surface area contributed by atoms with Crippen LogP contribution in [0, 0.1) is 12.7 Å². The van der Waals surface area contributed by atoms with Gasteiger partial charge in [-0.05, 0) is 36.2 Å². The summed E-state index contributed by atoms with van der Waals surface area (Å²) in [6, 6.07) is 9.38. The van der Waals surface area contributed by atoms with E-state index in [9.17, 15) is 14.0 Å². The van der Waals surface area contributed by atoms with Crippen molar-refractivity contribution in [3.8, 4) is 0 Å². The fourth-order valence-corrected chi connectivity index (χ4v) is 1.87. The molecule has 0 aliphatic rings.